The number of halogens is 5. The molecule has 0 heterocycles. The molecule has 0 fully saturated rings. The Balaban J connectivity index is 3.42. The molecule has 1 nitrogen and oxygen atoms in total. The zero-order chi connectivity index (χ0) is 11.6. The molecule has 0 atom stereocenters. The molecule has 0 N–H and O–H groups in total. The first-order valence-corrected chi connectivity index (χ1v) is 4.16. The predicted octanol–water partition coefficient (Wildman–Crippen LogP) is 3.56. The summed E-state index contributed by atoms with van der Waals surface area (Å²) < 4.78 is 50.1. The lowest BCUT2D eigenvalue weighted by Gasteiger charge is -2.12. The molecule has 0 spiro atoms. The average molecular weight is 238 g/mol. The molecule has 1 rings (SSSR count). The molecular formula is C9H4ClF4N. The van der Waals surface area contributed by atoms with Crippen LogP contribution in [-0.4, -0.2) is 0 Å². The largest absolute Gasteiger partial charge is 0.419 e. The van der Waals surface area contributed by atoms with Crippen molar-refractivity contribution in [2.75, 3.05) is 0 Å². The Kier molecular flexibility index (Phi) is 3.20. The highest BCUT2D eigenvalue weighted by Crippen LogP contribution is 2.35. The molecule has 0 aliphatic carbocycles. The quantitative estimate of drug-likeness (QED) is 0.685. The summed E-state index contributed by atoms with van der Waals surface area (Å²) in [5, 5.41) is 8.15. The van der Waals surface area contributed by atoms with E-state index in [1.165, 1.54) is 6.07 Å². The molecule has 0 saturated carbocycles. The van der Waals surface area contributed by atoms with Crippen LogP contribution in [0.1, 0.15) is 11.1 Å². The van der Waals surface area contributed by atoms with Gasteiger partial charge in [-0.3, -0.25) is 0 Å². The molecule has 0 aliphatic rings. The van der Waals surface area contributed by atoms with Crippen LogP contribution in [0.3, 0.4) is 0 Å². The molecule has 15 heavy (non-hydrogen) atoms. The first kappa shape index (κ1) is 11.8. The summed E-state index contributed by atoms with van der Waals surface area (Å²) in [7, 11) is 0. The molecule has 6 heteroatoms. The van der Waals surface area contributed by atoms with E-state index < -0.39 is 29.5 Å². The van der Waals surface area contributed by atoms with E-state index in [0.29, 0.717) is 6.07 Å². The molecule has 1 aromatic rings. The Morgan fingerprint density at radius 2 is 1.93 bits per heavy atom. The summed E-state index contributed by atoms with van der Waals surface area (Å²) >= 11 is 5.39. The van der Waals surface area contributed by atoms with Crippen molar-refractivity contribution in [1.29, 1.82) is 5.26 Å². The van der Waals surface area contributed by atoms with Gasteiger partial charge in [-0.2, -0.15) is 18.4 Å². The van der Waals surface area contributed by atoms with E-state index in [-0.39, 0.29) is 5.02 Å². The van der Waals surface area contributed by atoms with E-state index in [1.807, 2.05) is 0 Å². The highest BCUT2D eigenvalue weighted by molar-refractivity contribution is 6.30. The highest BCUT2D eigenvalue weighted by atomic mass is 35.5. The Morgan fingerprint density at radius 1 is 1.33 bits per heavy atom. The van der Waals surface area contributed by atoms with Crippen molar-refractivity contribution in [1.82, 2.24) is 0 Å². The second-order valence-electron chi connectivity index (χ2n) is 2.75. The maximum atomic E-state index is 13.0. The fourth-order valence-electron chi connectivity index (χ4n) is 1.17. The van der Waals surface area contributed by atoms with E-state index in [4.69, 9.17) is 16.9 Å². The summed E-state index contributed by atoms with van der Waals surface area (Å²) in [5.41, 5.74) is -1.87. The van der Waals surface area contributed by atoms with Crippen molar-refractivity contribution in [2.24, 2.45) is 0 Å². The highest BCUT2D eigenvalue weighted by Gasteiger charge is 2.36. The second-order valence-corrected chi connectivity index (χ2v) is 3.19. The summed E-state index contributed by atoms with van der Waals surface area (Å²) in [6, 6.07) is 3.04. The minimum atomic E-state index is -4.82. The Labute approximate surface area is 87.9 Å². The topological polar surface area (TPSA) is 23.8 Å². The number of alkyl halides is 3. The molecule has 0 amide bonds. The number of hydrogen-bond acceptors (Lipinski definition) is 1. The minimum Gasteiger partial charge on any atom is -0.206 e. The SMILES string of the molecule is N#CCc1cc(Cl)cc(F)c1C(F)(F)F. The lowest BCUT2D eigenvalue weighted by molar-refractivity contribution is -0.140. The zero-order valence-corrected chi connectivity index (χ0v) is 7.95. The van der Waals surface area contributed by atoms with Crippen molar-refractivity contribution in [3.63, 3.8) is 0 Å². The van der Waals surface area contributed by atoms with Gasteiger partial charge in [-0.25, -0.2) is 4.39 Å². The van der Waals surface area contributed by atoms with Gasteiger partial charge >= 0.3 is 6.18 Å². The molecule has 80 valence electrons. The summed E-state index contributed by atoms with van der Waals surface area (Å²) in [5.74, 6) is -1.46. The smallest absolute Gasteiger partial charge is 0.206 e. The lowest BCUT2D eigenvalue weighted by atomic mass is 10.0. The van der Waals surface area contributed by atoms with Crippen LogP contribution in [0.2, 0.25) is 5.02 Å². The number of hydrogen-bond donors (Lipinski definition) is 0. The molecule has 0 bridgehead atoms. The molecule has 0 aliphatic heterocycles. The van der Waals surface area contributed by atoms with Gasteiger partial charge in [0.25, 0.3) is 0 Å². The number of benzene rings is 1. The van der Waals surface area contributed by atoms with Crippen LogP contribution in [-0.2, 0) is 12.6 Å². The second kappa shape index (κ2) is 4.07. The minimum absolute atomic E-state index is 0.161. The fourth-order valence-corrected chi connectivity index (χ4v) is 1.40. The third-order valence-electron chi connectivity index (χ3n) is 1.69. The monoisotopic (exact) mass is 237 g/mol. The van der Waals surface area contributed by atoms with Crippen LogP contribution in [0.25, 0.3) is 0 Å². The van der Waals surface area contributed by atoms with Crippen molar-refractivity contribution >= 4 is 11.6 Å². The fraction of sp³-hybridized carbons (Fsp3) is 0.222. The van der Waals surface area contributed by atoms with E-state index in [2.05, 4.69) is 0 Å². The van der Waals surface area contributed by atoms with Gasteiger partial charge in [0.2, 0.25) is 0 Å². The van der Waals surface area contributed by atoms with E-state index in [1.54, 1.807) is 0 Å². The molecule has 0 radical (unpaired) electrons. The molecule has 0 saturated heterocycles. The van der Waals surface area contributed by atoms with E-state index in [0.717, 1.165) is 6.07 Å². The van der Waals surface area contributed by atoms with Crippen LogP contribution in [0.15, 0.2) is 12.1 Å². The van der Waals surface area contributed by atoms with E-state index in [9.17, 15) is 17.6 Å². The zero-order valence-electron chi connectivity index (χ0n) is 7.20. The van der Waals surface area contributed by atoms with Crippen LogP contribution in [0, 0.1) is 17.1 Å². The normalized spacial score (nSPS) is 11.2. The molecule has 0 aromatic heterocycles. The van der Waals surface area contributed by atoms with Crippen molar-refractivity contribution in [3.05, 3.63) is 34.1 Å². The van der Waals surface area contributed by atoms with E-state index >= 15 is 0 Å². The van der Waals surface area contributed by atoms with Gasteiger partial charge in [-0.1, -0.05) is 11.6 Å². The van der Waals surface area contributed by atoms with Gasteiger partial charge in [-0.15, -0.1) is 0 Å². The third kappa shape index (κ3) is 2.60. The number of nitriles is 1. The van der Waals surface area contributed by atoms with Gasteiger partial charge in [0.05, 0.1) is 18.1 Å². The summed E-state index contributed by atoms with van der Waals surface area (Å²) in [6.07, 6.45) is -5.35. The van der Waals surface area contributed by atoms with Crippen LogP contribution >= 0.6 is 11.6 Å². The van der Waals surface area contributed by atoms with Crippen molar-refractivity contribution in [3.8, 4) is 6.07 Å². The average Bonchev–Trinajstić information content (AvgIpc) is 1.99. The lowest BCUT2D eigenvalue weighted by Crippen LogP contribution is -2.12. The van der Waals surface area contributed by atoms with Crippen molar-refractivity contribution < 1.29 is 17.6 Å². The third-order valence-corrected chi connectivity index (χ3v) is 1.91. The Morgan fingerprint density at radius 3 is 2.40 bits per heavy atom. The molecular weight excluding hydrogens is 234 g/mol. The van der Waals surface area contributed by atoms with Gasteiger partial charge in [0, 0.05) is 5.02 Å². The first-order chi connectivity index (χ1) is 6.86. The van der Waals surface area contributed by atoms with Gasteiger partial charge < -0.3 is 0 Å². The van der Waals surface area contributed by atoms with Crippen LogP contribution < -0.4 is 0 Å². The molecule has 0 unspecified atom stereocenters. The Bertz CT molecular complexity index is 419. The standard InChI is InChI=1S/C9H4ClF4N/c10-6-3-5(1-2-15)8(7(11)4-6)9(12,13)14/h3-4H,1H2. The summed E-state index contributed by atoms with van der Waals surface area (Å²) in [4.78, 5) is 0. The molecule has 1 aromatic carbocycles. The number of rotatable bonds is 1. The van der Waals surface area contributed by atoms with Crippen LogP contribution in [0.5, 0.6) is 0 Å². The Hall–Kier alpha value is -1.28. The van der Waals surface area contributed by atoms with Crippen LogP contribution in [0.4, 0.5) is 17.6 Å². The van der Waals surface area contributed by atoms with Crippen molar-refractivity contribution in [2.45, 2.75) is 12.6 Å². The van der Waals surface area contributed by atoms with Gasteiger partial charge in [0.1, 0.15) is 5.82 Å². The van der Waals surface area contributed by atoms with Gasteiger partial charge in [0.15, 0.2) is 0 Å². The first-order valence-electron chi connectivity index (χ1n) is 3.78. The maximum Gasteiger partial charge on any atom is 0.419 e. The van der Waals surface area contributed by atoms with Gasteiger partial charge in [-0.05, 0) is 17.7 Å². The predicted molar refractivity (Wildman–Crippen MR) is 45.7 cm³/mol. The number of nitrogens with zero attached hydrogens (tertiary/aromatic N) is 1. The maximum absolute atomic E-state index is 13.0. The summed E-state index contributed by atoms with van der Waals surface area (Å²) in [6.45, 7) is 0.